The number of aliphatic hydroxyl groups excluding tert-OH is 1. The number of pyridine rings is 1. The Bertz CT molecular complexity index is 354. The van der Waals surface area contributed by atoms with E-state index in [0.29, 0.717) is 6.54 Å². The summed E-state index contributed by atoms with van der Waals surface area (Å²) in [7, 11) is 0. The molecular weight excluding hydrogens is 245 g/mol. The largest absolute Gasteiger partial charge is 0.415 e. The average molecular weight is 262 g/mol. The molecule has 6 heteroatoms. The Morgan fingerprint density at radius 2 is 2.06 bits per heavy atom. The molecule has 0 aromatic carbocycles. The van der Waals surface area contributed by atoms with E-state index in [0.717, 1.165) is 5.56 Å². The normalized spacial score (nSPS) is 14.2. The van der Waals surface area contributed by atoms with Gasteiger partial charge in [0.2, 0.25) is 0 Å². The van der Waals surface area contributed by atoms with E-state index in [1.807, 2.05) is 0 Å². The zero-order valence-corrected chi connectivity index (χ0v) is 10.4. The second-order valence-corrected chi connectivity index (χ2v) is 4.44. The fourth-order valence-electron chi connectivity index (χ4n) is 1.51. The van der Waals surface area contributed by atoms with Crippen LogP contribution in [0.3, 0.4) is 0 Å². The Labute approximate surface area is 104 Å². The van der Waals surface area contributed by atoms with Crippen LogP contribution in [0.1, 0.15) is 19.4 Å². The second-order valence-electron chi connectivity index (χ2n) is 4.44. The molecule has 1 rings (SSSR count). The standard InChI is InChI=1S/C12H17F3N2O/c1-9(2)17(8-11(18)12(13,14)15)7-10-4-3-5-16-6-10/h3-6,9,11,18H,7-8H2,1-2H3. The van der Waals surface area contributed by atoms with E-state index >= 15 is 0 Å². The molecule has 1 aromatic rings. The maximum atomic E-state index is 12.3. The summed E-state index contributed by atoms with van der Waals surface area (Å²) in [6, 6.07) is 3.43. The van der Waals surface area contributed by atoms with Gasteiger partial charge in [-0.1, -0.05) is 6.07 Å². The van der Waals surface area contributed by atoms with Crippen molar-refractivity contribution in [2.75, 3.05) is 6.54 Å². The number of hydrogen-bond acceptors (Lipinski definition) is 3. The molecule has 0 spiro atoms. The third kappa shape index (κ3) is 4.62. The van der Waals surface area contributed by atoms with Crippen LogP contribution in [0.15, 0.2) is 24.5 Å². The number of halogens is 3. The van der Waals surface area contributed by atoms with Crippen molar-refractivity contribution in [3.63, 3.8) is 0 Å². The first-order valence-electron chi connectivity index (χ1n) is 5.68. The number of aliphatic hydroxyl groups is 1. The van der Waals surface area contributed by atoms with Gasteiger partial charge in [0.05, 0.1) is 0 Å². The molecule has 0 saturated carbocycles. The summed E-state index contributed by atoms with van der Waals surface area (Å²) >= 11 is 0. The van der Waals surface area contributed by atoms with Crippen molar-refractivity contribution in [3.8, 4) is 0 Å². The second kappa shape index (κ2) is 6.15. The van der Waals surface area contributed by atoms with Crippen molar-refractivity contribution in [3.05, 3.63) is 30.1 Å². The molecule has 0 radical (unpaired) electrons. The van der Waals surface area contributed by atoms with Gasteiger partial charge < -0.3 is 5.11 Å². The summed E-state index contributed by atoms with van der Waals surface area (Å²) in [5, 5.41) is 9.10. The van der Waals surface area contributed by atoms with E-state index in [1.54, 1.807) is 43.3 Å². The summed E-state index contributed by atoms with van der Waals surface area (Å²) in [5.74, 6) is 0. The first kappa shape index (κ1) is 14.9. The SMILES string of the molecule is CC(C)N(Cc1cccnc1)CC(O)C(F)(F)F. The molecule has 18 heavy (non-hydrogen) atoms. The van der Waals surface area contributed by atoms with Crippen molar-refractivity contribution in [1.82, 2.24) is 9.88 Å². The minimum Gasteiger partial charge on any atom is -0.382 e. The molecule has 1 unspecified atom stereocenters. The zero-order chi connectivity index (χ0) is 13.8. The molecule has 0 bridgehead atoms. The van der Waals surface area contributed by atoms with Crippen LogP contribution in [0.2, 0.25) is 0 Å². The molecule has 1 atom stereocenters. The lowest BCUT2D eigenvalue weighted by Crippen LogP contribution is -2.43. The molecule has 3 nitrogen and oxygen atoms in total. The molecule has 0 amide bonds. The first-order valence-corrected chi connectivity index (χ1v) is 5.68. The molecule has 0 aliphatic heterocycles. The van der Waals surface area contributed by atoms with Gasteiger partial charge in [0, 0.05) is 31.5 Å². The van der Waals surface area contributed by atoms with Crippen LogP contribution in [0.4, 0.5) is 13.2 Å². The van der Waals surface area contributed by atoms with Crippen molar-refractivity contribution >= 4 is 0 Å². The molecule has 1 aromatic heterocycles. The van der Waals surface area contributed by atoms with Gasteiger partial charge in [0.25, 0.3) is 0 Å². The quantitative estimate of drug-likeness (QED) is 0.884. The number of alkyl halides is 3. The van der Waals surface area contributed by atoms with Crippen LogP contribution in [0.25, 0.3) is 0 Å². The number of aromatic nitrogens is 1. The Hall–Kier alpha value is -1.14. The van der Waals surface area contributed by atoms with Crippen LogP contribution in [-0.4, -0.2) is 39.9 Å². The smallest absolute Gasteiger partial charge is 0.382 e. The van der Waals surface area contributed by atoms with Gasteiger partial charge in [0.1, 0.15) is 0 Å². The Morgan fingerprint density at radius 3 is 2.50 bits per heavy atom. The average Bonchev–Trinajstić information content (AvgIpc) is 2.28. The van der Waals surface area contributed by atoms with Crippen molar-refractivity contribution in [2.45, 2.75) is 38.7 Å². The van der Waals surface area contributed by atoms with E-state index in [1.165, 1.54) is 0 Å². The van der Waals surface area contributed by atoms with Gasteiger partial charge >= 0.3 is 6.18 Å². The molecule has 0 fully saturated rings. The lowest BCUT2D eigenvalue weighted by atomic mass is 10.2. The molecule has 102 valence electrons. The number of hydrogen-bond donors (Lipinski definition) is 1. The molecule has 0 saturated heterocycles. The Morgan fingerprint density at radius 1 is 1.39 bits per heavy atom. The van der Waals surface area contributed by atoms with Gasteiger partial charge in [-0.25, -0.2) is 0 Å². The maximum Gasteiger partial charge on any atom is 0.415 e. The highest BCUT2D eigenvalue weighted by molar-refractivity contribution is 5.08. The fourth-order valence-corrected chi connectivity index (χ4v) is 1.51. The van der Waals surface area contributed by atoms with Crippen LogP contribution >= 0.6 is 0 Å². The van der Waals surface area contributed by atoms with Crippen LogP contribution in [0.5, 0.6) is 0 Å². The highest BCUT2D eigenvalue weighted by Gasteiger charge is 2.39. The predicted octanol–water partition coefficient (Wildman–Crippen LogP) is 2.22. The summed E-state index contributed by atoms with van der Waals surface area (Å²) < 4.78 is 37.0. The topological polar surface area (TPSA) is 36.4 Å². The van der Waals surface area contributed by atoms with E-state index in [9.17, 15) is 13.2 Å². The molecular formula is C12H17F3N2O. The fraction of sp³-hybridized carbons (Fsp3) is 0.583. The molecule has 1 N–H and O–H groups in total. The summed E-state index contributed by atoms with van der Waals surface area (Å²) in [6.45, 7) is 3.48. The number of nitrogens with zero attached hydrogens (tertiary/aromatic N) is 2. The number of rotatable bonds is 5. The van der Waals surface area contributed by atoms with Gasteiger partial charge in [-0.05, 0) is 25.5 Å². The van der Waals surface area contributed by atoms with E-state index in [-0.39, 0.29) is 6.04 Å². The lowest BCUT2D eigenvalue weighted by Gasteiger charge is -2.29. The van der Waals surface area contributed by atoms with E-state index in [4.69, 9.17) is 5.11 Å². The maximum absolute atomic E-state index is 12.3. The van der Waals surface area contributed by atoms with Crippen molar-refractivity contribution < 1.29 is 18.3 Å². The monoisotopic (exact) mass is 262 g/mol. The predicted molar refractivity (Wildman–Crippen MR) is 61.8 cm³/mol. The van der Waals surface area contributed by atoms with Crippen molar-refractivity contribution in [2.24, 2.45) is 0 Å². The minimum absolute atomic E-state index is 0.0952. The summed E-state index contributed by atoms with van der Waals surface area (Å²) in [5.41, 5.74) is 0.820. The first-order chi connectivity index (χ1) is 8.30. The summed E-state index contributed by atoms with van der Waals surface area (Å²) in [4.78, 5) is 5.48. The highest BCUT2D eigenvalue weighted by atomic mass is 19.4. The van der Waals surface area contributed by atoms with Gasteiger partial charge in [0.15, 0.2) is 6.10 Å². The van der Waals surface area contributed by atoms with Crippen LogP contribution < -0.4 is 0 Å². The third-order valence-corrected chi connectivity index (χ3v) is 2.62. The van der Waals surface area contributed by atoms with Crippen LogP contribution in [0, 0.1) is 0 Å². The summed E-state index contributed by atoms with van der Waals surface area (Å²) in [6.07, 6.45) is -3.69. The highest BCUT2D eigenvalue weighted by Crippen LogP contribution is 2.22. The van der Waals surface area contributed by atoms with Crippen LogP contribution in [-0.2, 0) is 6.54 Å². The molecule has 1 heterocycles. The molecule has 0 aliphatic carbocycles. The van der Waals surface area contributed by atoms with E-state index in [2.05, 4.69) is 4.98 Å². The van der Waals surface area contributed by atoms with E-state index < -0.39 is 18.8 Å². The third-order valence-electron chi connectivity index (χ3n) is 2.62. The Kier molecular flexibility index (Phi) is 5.10. The zero-order valence-electron chi connectivity index (χ0n) is 10.4. The van der Waals surface area contributed by atoms with Gasteiger partial charge in [-0.15, -0.1) is 0 Å². The van der Waals surface area contributed by atoms with Gasteiger partial charge in [-0.2, -0.15) is 13.2 Å². The van der Waals surface area contributed by atoms with Crippen molar-refractivity contribution in [1.29, 1.82) is 0 Å². The Balaban J connectivity index is 2.67. The minimum atomic E-state index is -4.58. The van der Waals surface area contributed by atoms with Gasteiger partial charge in [-0.3, -0.25) is 9.88 Å². The lowest BCUT2D eigenvalue weighted by molar-refractivity contribution is -0.209. The molecule has 0 aliphatic rings.